The van der Waals surface area contributed by atoms with Crippen molar-refractivity contribution in [1.29, 1.82) is 0 Å². The molecule has 0 aromatic heterocycles. The lowest BCUT2D eigenvalue weighted by Crippen LogP contribution is -2.44. The van der Waals surface area contributed by atoms with E-state index in [9.17, 15) is 4.79 Å². The van der Waals surface area contributed by atoms with Crippen LogP contribution in [0.15, 0.2) is 18.2 Å². The average Bonchev–Trinajstić information content (AvgIpc) is 2.54. The summed E-state index contributed by atoms with van der Waals surface area (Å²) in [6.07, 6.45) is 9.13. The Labute approximate surface area is 131 Å². The number of rotatable bonds is 3. The summed E-state index contributed by atoms with van der Waals surface area (Å²) in [5.41, 5.74) is 3.20. The van der Waals surface area contributed by atoms with Crippen LogP contribution < -0.4 is 10.6 Å². The third kappa shape index (κ3) is 3.20. The van der Waals surface area contributed by atoms with Crippen LogP contribution in [0.5, 0.6) is 0 Å². The molecule has 2 unspecified atom stereocenters. The van der Waals surface area contributed by atoms with Crippen molar-refractivity contribution in [3.8, 4) is 0 Å². The van der Waals surface area contributed by atoms with E-state index < -0.39 is 0 Å². The highest BCUT2D eigenvalue weighted by Gasteiger charge is 2.27. The van der Waals surface area contributed by atoms with E-state index in [1.165, 1.54) is 24.8 Å². The van der Waals surface area contributed by atoms with Gasteiger partial charge in [-0.3, -0.25) is 4.79 Å². The highest BCUT2D eigenvalue weighted by molar-refractivity contribution is 7.99. The number of amides is 1. The molecule has 1 aromatic carbocycles. The molecular formula is C17H24N2OS. The number of hydrogen-bond donors (Lipinski definition) is 2. The summed E-state index contributed by atoms with van der Waals surface area (Å²) >= 11 is 1.89. The molecule has 0 saturated heterocycles. The molecule has 3 nitrogen and oxygen atoms in total. The first-order valence-corrected chi connectivity index (χ1v) is 9.28. The smallest absolute Gasteiger partial charge is 0.251 e. The van der Waals surface area contributed by atoms with Gasteiger partial charge >= 0.3 is 0 Å². The Balaban J connectivity index is 1.76. The van der Waals surface area contributed by atoms with Crippen LogP contribution in [0.2, 0.25) is 0 Å². The third-order valence-corrected chi connectivity index (χ3v) is 5.83. The minimum absolute atomic E-state index is 0.113. The Morgan fingerprint density at radius 2 is 2.14 bits per heavy atom. The van der Waals surface area contributed by atoms with E-state index in [0.717, 1.165) is 37.1 Å². The predicted octanol–water partition coefficient (Wildman–Crippen LogP) is 3.45. The van der Waals surface area contributed by atoms with Crippen molar-refractivity contribution < 1.29 is 4.79 Å². The number of thioether (sulfide) groups is 1. The fourth-order valence-corrected chi connectivity index (χ4v) is 4.45. The molecule has 2 atom stereocenters. The molecule has 2 N–H and O–H groups in total. The second-order valence-corrected chi connectivity index (χ2v) is 7.08. The second-order valence-electron chi connectivity index (χ2n) is 6.00. The highest BCUT2D eigenvalue weighted by atomic mass is 32.2. The van der Waals surface area contributed by atoms with Crippen LogP contribution in [0.3, 0.4) is 0 Å². The third-order valence-electron chi connectivity index (χ3n) is 4.66. The van der Waals surface area contributed by atoms with Gasteiger partial charge in [0.1, 0.15) is 0 Å². The van der Waals surface area contributed by atoms with E-state index in [-0.39, 0.29) is 5.91 Å². The van der Waals surface area contributed by atoms with Gasteiger partial charge in [-0.25, -0.2) is 0 Å². The van der Waals surface area contributed by atoms with Gasteiger partial charge in [0.15, 0.2) is 0 Å². The van der Waals surface area contributed by atoms with E-state index in [0.29, 0.717) is 11.3 Å². The summed E-state index contributed by atoms with van der Waals surface area (Å²) in [5.74, 6) is 0.113. The van der Waals surface area contributed by atoms with Gasteiger partial charge in [0.2, 0.25) is 0 Å². The van der Waals surface area contributed by atoms with Gasteiger partial charge in [-0.1, -0.05) is 18.9 Å². The molecule has 2 aliphatic rings. The van der Waals surface area contributed by atoms with Crippen LogP contribution >= 0.6 is 11.8 Å². The van der Waals surface area contributed by atoms with E-state index in [1.54, 1.807) is 0 Å². The molecule has 0 spiro atoms. The summed E-state index contributed by atoms with van der Waals surface area (Å²) in [6, 6.07) is 6.36. The maximum Gasteiger partial charge on any atom is 0.251 e. The summed E-state index contributed by atoms with van der Waals surface area (Å²) < 4.78 is 0. The molecular weight excluding hydrogens is 280 g/mol. The van der Waals surface area contributed by atoms with Crippen molar-refractivity contribution in [3.05, 3.63) is 29.3 Å². The fraction of sp³-hybridized carbons (Fsp3) is 0.588. The van der Waals surface area contributed by atoms with Crippen LogP contribution in [0.1, 0.15) is 48.0 Å². The number of fused-ring (bicyclic) bond motifs is 1. The molecule has 4 heteroatoms. The van der Waals surface area contributed by atoms with Crippen LogP contribution in [0.4, 0.5) is 5.69 Å². The lowest BCUT2D eigenvalue weighted by molar-refractivity contribution is 0.0928. The Morgan fingerprint density at radius 1 is 1.29 bits per heavy atom. The van der Waals surface area contributed by atoms with Gasteiger partial charge in [-0.2, -0.15) is 11.8 Å². The predicted molar refractivity (Wildman–Crippen MR) is 90.3 cm³/mol. The second kappa shape index (κ2) is 6.73. The van der Waals surface area contributed by atoms with Gasteiger partial charge in [0.25, 0.3) is 5.91 Å². The van der Waals surface area contributed by atoms with E-state index >= 15 is 0 Å². The molecule has 1 aliphatic carbocycles. The van der Waals surface area contributed by atoms with Crippen LogP contribution in [0, 0.1) is 0 Å². The summed E-state index contributed by atoms with van der Waals surface area (Å²) in [5, 5.41) is 7.27. The Kier molecular flexibility index (Phi) is 4.73. The van der Waals surface area contributed by atoms with Crippen LogP contribution in [-0.4, -0.2) is 30.0 Å². The van der Waals surface area contributed by atoms with Gasteiger partial charge in [-0.15, -0.1) is 0 Å². The lowest BCUT2D eigenvalue weighted by atomic mass is 9.93. The number of carbonyl (C=O) groups excluding carboxylic acids is 1. The summed E-state index contributed by atoms with van der Waals surface area (Å²) in [6.45, 7) is 1.01. The molecule has 1 amide bonds. The molecule has 0 radical (unpaired) electrons. The van der Waals surface area contributed by atoms with Crippen LogP contribution in [-0.2, 0) is 6.42 Å². The van der Waals surface area contributed by atoms with Crippen molar-refractivity contribution in [3.63, 3.8) is 0 Å². The first kappa shape index (κ1) is 14.8. The lowest BCUT2D eigenvalue weighted by Gasteiger charge is -2.31. The fourth-order valence-electron chi connectivity index (χ4n) is 3.51. The molecule has 1 heterocycles. The van der Waals surface area contributed by atoms with E-state index in [4.69, 9.17) is 0 Å². The quantitative estimate of drug-likeness (QED) is 0.898. The van der Waals surface area contributed by atoms with E-state index in [1.807, 2.05) is 23.9 Å². The average molecular weight is 304 g/mol. The first-order chi connectivity index (χ1) is 10.3. The normalized spacial score (nSPS) is 24.8. The van der Waals surface area contributed by atoms with Crippen molar-refractivity contribution in [1.82, 2.24) is 5.32 Å². The molecule has 0 bridgehead atoms. The van der Waals surface area contributed by atoms with Crippen molar-refractivity contribution >= 4 is 23.4 Å². The van der Waals surface area contributed by atoms with Crippen molar-refractivity contribution in [2.24, 2.45) is 0 Å². The molecule has 114 valence electrons. The van der Waals surface area contributed by atoms with Crippen molar-refractivity contribution in [2.75, 3.05) is 18.1 Å². The van der Waals surface area contributed by atoms with Gasteiger partial charge in [0, 0.05) is 29.1 Å². The zero-order valence-electron chi connectivity index (χ0n) is 12.7. The number of nitrogens with one attached hydrogen (secondary N) is 2. The number of benzene rings is 1. The zero-order valence-corrected chi connectivity index (χ0v) is 13.5. The Bertz CT molecular complexity index is 518. The summed E-state index contributed by atoms with van der Waals surface area (Å²) in [4.78, 5) is 12.7. The minimum atomic E-state index is 0.113. The molecule has 3 rings (SSSR count). The summed E-state index contributed by atoms with van der Waals surface area (Å²) in [7, 11) is 0. The largest absolute Gasteiger partial charge is 0.385 e. The molecule has 1 aliphatic heterocycles. The van der Waals surface area contributed by atoms with Gasteiger partial charge in [0.05, 0.1) is 0 Å². The van der Waals surface area contributed by atoms with Gasteiger partial charge in [-0.05, 0) is 49.6 Å². The Morgan fingerprint density at radius 3 is 3.00 bits per heavy atom. The number of hydrogen-bond acceptors (Lipinski definition) is 3. The molecule has 1 aromatic rings. The SMILES string of the molecule is CSC1CCCCC1NC(=O)c1cccc2c1CCCN2. The zero-order chi connectivity index (χ0) is 14.7. The maximum absolute atomic E-state index is 12.7. The highest BCUT2D eigenvalue weighted by Crippen LogP contribution is 2.29. The van der Waals surface area contributed by atoms with E-state index in [2.05, 4.69) is 23.0 Å². The first-order valence-electron chi connectivity index (χ1n) is 7.99. The number of anilines is 1. The standard InChI is InChI=1S/C17H24N2OS/c1-21-16-10-3-2-8-15(16)19-17(20)13-6-4-9-14-12(13)7-5-11-18-14/h4,6,9,15-16,18H,2-3,5,7-8,10-11H2,1H3,(H,19,20). The minimum Gasteiger partial charge on any atom is -0.385 e. The van der Waals surface area contributed by atoms with Crippen molar-refractivity contribution in [2.45, 2.75) is 49.8 Å². The maximum atomic E-state index is 12.7. The monoisotopic (exact) mass is 304 g/mol. The molecule has 1 fully saturated rings. The molecule has 1 saturated carbocycles. The Hall–Kier alpha value is -1.16. The number of carbonyl (C=O) groups is 1. The molecule has 21 heavy (non-hydrogen) atoms. The van der Waals surface area contributed by atoms with Gasteiger partial charge < -0.3 is 10.6 Å². The topological polar surface area (TPSA) is 41.1 Å². The van der Waals surface area contributed by atoms with Crippen LogP contribution in [0.25, 0.3) is 0 Å².